The van der Waals surface area contributed by atoms with Gasteiger partial charge < -0.3 is 9.31 Å². The molecule has 1 saturated heterocycles. The first-order valence-corrected chi connectivity index (χ1v) is 11.6. The number of fused-ring (bicyclic) bond motifs is 3. The van der Waals surface area contributed by atoms with Crippen LogP contribution in [0.15, 0.2) is 84.9 Å². The smallest absolute Gasteiger partial charge is 0.397 e. The normalized spacial score (nSPS) is 17.0. The number of hydrogen-bond acceptors (Lipinski definition) is 4. The van der Waals surface area contributed by atoms with Gasteiger partial charge in [0.25, 0.3) is 0 Å². The van der Waals surface area contributed by atoms with Gasteiger partial charge in [-0.05, 0) is 39.8 Å². The SMILES string of the molecule is CC1(C)OB(c2nc(-c3ccccc3)cc(-n3c4ccccc4c4ccccc43)n2)OC1(C)C. The molecule has 6 rings (SSSR count). The Morgan fingerprint density at radius 1 is 0.676 bits per heavy atom. The third kappa shape index (κ3) is 3.25. The summed E-state index contributed by atoms with van der Waals surface area (Å²) < 4.78 is 14.9. The molecule has 0 spiro atoms. The van der Waals surface area contributed by atoms with Crippen molar-refractivity contribution in [3.8, 4) is 17.1 Å². The lowest BCUT2D eigenvalue weighted by atomic mass is 9.88. The Hall–Kier alpha value is -3.48. The van der Waals surface area contributed by atoms with Crippen LogP contribution in [-0.2, 0) is 9.31 Å². The lowest BCUT2D eigenvalue weighted by Gasteiger charge is -2.32. The minimum atomic E-state index is -0.652. The highest BCUT2D eigenvalue weighted by atomic mass is 16.7. The highest BCUT2D eigenvalue weighted by molar-refractivity contribution is 6.60. The molecule has 168 valence electrons. The van der Waals surface area contributed by atoms with E-state index in [2.05, 4.69) is 65.2 Å². The Kier molecular flexibility index (Phi) is 4.66. The highest BCUT2D eigenvalue weighted by Gasteiger charge is 2.53. The minimum Gasteiger partial charge on any atom is -0.397 e. The average Bonchev–Trinajstić information content (AvgIpc) is 3.29. The summed E-state index contributed by atoms with van der Waals surface area (Å²) in [5, 5.41) is 2.38. The Bertz CT molecular complexity index is 1460. The fourth-order valence-corrected chi connectivity index (χ4v) is 4.55. The van der Waals surface area contributed by atoms with Gasteiger partial charge in [-0.2, -0.15) is 0 Å². The molecule has 0 amide bonds. The standard InChI is InChI=1S/C28H26BN3O2/c1-27(2)28(3,4)34-29(33-27)26-30-22(19-12-6-5-7-13-19)18-25(31-26)32-23-16-10-8-14-20(23)21-15-9-11-17-24(21)32/h5-18H,1-4H3. The van der Waals surface area contributed by atoms with Gasteiger partial charge in [0.05, 0.1) is 27.9 Å². The van der Waals surface area contributed by atoms with E-state index in [1.165, 1.54) is 10.8 Å². The van der Waals surface area contributed by atoms with Crippen molar-refractivity contribution in [2.24, 2.45) is 0 Å². The quantitative estimate of drug-likeness (QED) is 0.341. The summed E-state index contributed by atoms with van der Waals surface area (Å²) in [5.41, 5.74) is 3.62. The Morgan fingerprint density at radius 2 is 1.21 bits per heavy atom. The van der Waals surface area contributed by atoms with Gasteiger partial charge in [-0.15, -0.1) is 0 Å². The molecule has 34 heavy (non-hydrogen) atoms. The lowest BCUT2D eigenvalue weighted by molar-refractivity contribution is 0.00578. The molecule has 0 bridgehead atoms. The number of benzene rings is 3. The fraction of sp³-hybridized carbons (Fsp3) is 0.214. The van der Waals surface area contributed by atoms with Crippen LogP contribution in [0.25, 0.3) is 38.9 Å². The zero-order chi connectivity index (χ0) is 23.5. The van der Waals surface area contributed by atoms with Crippen molar-refractivity contribution in [2.75, 3.05) is 0 Å². The van der Waals surface area contributed by atoms with Crippen LogP contribution in [-0.4, -0.2) is 32.9 Å². The van der Waals surface area contributed by atoms with Crippen LogP contribution in [0.5, 0.6) is 0 Å². The molecule has 5 nitrogen and oxygen atoms in total. The second-order valence-electron chi connectivity index (χ2n) is 9.79. The van der Waals surface area contributed by atoms with Crippen molar-refractivity contribution in [1.29, 1.82) is 0 Å². The molecule has 0 saturated carbocycles. The van der Waals surface area contributed by atoms with Crippen LogP contribution in [0, 0.1) is 0 Å². The molecule has 0 atom stereocenters. The van der Waals surface area contributed by atoms with Gasteiger partial charge in [-0.1, -0.05) is 66.7 Å². The van der Waals surface area contributed by atoms with Crippen molar-refractivity contribution in [3.05, 3.63) is 84.9 Å². The molecular weight excluding hydrogens is 421 g/mol. The molecule has 0 radical (unpaired) electrons. The summed E-state index contributed by atoms with van der Waals surface area (Å²) in [5.74, 6) is 0.788. The van der Waals surface area contributed by atoms with Gasteiger partial charge in [0.15, 0.2) is 5.72 Å². The van der Waals surface area contributed by atoms with Crippen molar-refractivity contribution in [1.82, 2.24) is 14.5 Å². The molecule has 3 aromatic carbocycles. The van der Waals surface area contributed by atoms with Crippen molar-refractivity contribution >= 4 is 34.6 Å². The van der Waals surface area contributed by atoms with E-state index in [9.17, 15) is 0 Å². The number of para-hydroxylation sites is 2. The van der Waals surface area contributed by atoms with Gasteiger partial charge >= 0.3 is 7.12 Å². The van der Waals surface area contributed by atoms with Crippen molar-refractivity contribution in [2.45, 2.75) is 38.9 Å². The molecule has 1 fully saturated rings. The van der Waals surface area contributed by atoms with Crippen LogP contribution in [0.2, 0.25) is 0 Å². The molecule has 3 heterocycles. The molecule has 5 aromatic rings. The summed E-state index contributed by atoms with van der Waals surface area (Å²) in [6, 6.07) is 29.1. The zero-order valence-electron chi connectivity index (χ0n) is 19.8. The lowest BCUT2D eigenvalue weighted by Crippen LogP contribution is -2.41. The van der Waals surface area contributed by atoms with E-state index in [-0.39, 0.29) is 0 Å². The second-order valence-corrected chi connectivity index (χ2v) is 9.79. The van der Waals surface area contributed by atoms with Crippen LogP contribution in [0.4, 0.5) is 0 Å². The molecule has 0 unspecified atom stereocenters. The molecule has 0 aliphatic carbocycles. The Morgan fingerprint density at radius 3 is 1.79 bits per heavy atom. The van der Waals surface area contributed by atoms with Gasteiger partial charge in [0.2, 0.25) is 0 Å². The van der Waals surface area contributed by atoms with Gasteiger partial charge in [-0.25, -0.2) is 9.97 Å². The van der Waals surface area contributed by atoms with Crippen LogP contribution < -0.4 is 5.72 Å². The summed E-state index contributed by atoms with van der Waals surface area (Å²) in [6.45, 7) is 8.17. The Balaban J connectivity index is 1.61. The first-order valence-electron chi connectivity index (χ1n) is 11.6. The number of hydrogen-bond donors (Lipinski definition) is 0. The van der Waals surface area contributed by atoms with Gasteiger partial charge in [0.1, 0.15) is 5.82 Å². The Labute approximate surface area is 199 Å². The molecule has 0 N–H and O–H groups in total. The third-order valence-corrected chi connectivity index (χ3v) is 7.07. The molecule has 1 aliphatic heterocycles. The maximum atomic E-state index is 6.33. The predicted molar refractivity (Wildman–Crippen MR) is 138 cm³/mol. The van der Waals surface area contributed by atoms with E-state index >= 15 is 0 Å². The van der Waals surface area contributed by atoms with Crippen LogP contribution in [0.1, 0.15) is 27.7 Å². The first kappa shape index (κ1) is 21.1. The zero-order valence-corrected chi connectivity index (χ0v) is 19.8. The van der Waals surface area contributed by atoms with Gasteiger partial charge in [-0.3, -0.25) is 4.57 Å². The van der Waals surface area contributed by atoms with E-state index in [1.807, 2.05) is 52.0 Å². The summed E-state index contributed by atoms with van der Waals surface area (Å²) in [4.78, 5) is 9.93. The summed E-state index contributed by atoms with van der Waals surface area (Å²) in [7, 11) is -0.652. The third-order valence-electron chi connectivity index (χ3n) is 7.07. The highest BCUT2D eigenvalue weighted by Crippen LogP contribution is 2.37. The predicted octanol–water partition coefficient (Wildman–Crippen LogP) is 5.54. The molecule has 6 heteroatoms. The van der Waals surface area contributed by atoms with Crippen molar-refractivity contribution in [3.63, 3.8) is 0 Å². The van der Waals surface area contributed by atoms with Crippen LogP contribution in [0.3, 0.4) is 0 Å². The number of nitrogens with zero attached hydrogens (tertiary/aromatic N) is 3. The van der Waals surface area contributed by atoms with Crippen LogP contribution >= 0.6 is 0 Å². The largest absolute Gasteiger partial charge is 0.534 e. The fourth-order valence-electron chi connectivity index (χ4n) is 4.55. The maximum Gasteiger partial charge on any atom is 0.534 e. The van der Waals surface area contributed by atoms with E-state index in [4.69, 9.17) is 19.3 Å². The van der Waals surface area contributed by atoms with E-state index in [0.717, 1.165) is 28.1 Å². The molecular formula is C28H26BN3O2. The second kappa shape index (κ2) is 7.52. The minimum absolute atomic E-state index is 0.475. The molecule has 1 aliphatic rings. The van der Waals surface area contributed by atoms with E-state index < -0.39 is 18.3 Å². The number of rotatable bonds is 3. The monoisotopic (exact) mass is 447 g/mol. The molecule has 2 aromatic heterocycles. The van der Waals surface area contributed by atoms with Gasteiger partial charge in [0, 0.05) is 22.4 Å². The summed E-state index contributed by atoms with van der Waals surface area (Å²) >= 11 is 0. The number of aromatic nitrogens is 3. The first-order chi connectivity index (χ1) is 16.3. The maximum absolute atomic E-state index is 6.33. The average molecular weight is 447 g/mol. The summed E-state index contributed by atoms with van der Waals surface area (Å²) in [6.07, 6.45) is 0. The van der Waals surface area contributed by atoms with E-state index in [1.54, 1.807) is 0 Å². The van der Waals surface area contributed by atoms with E-state index in [0.29, 0.717) is 5.72 Å². The van der Waals surface area contributed by atoms with Crippen molar-refractivity contribution < 1.29 is 9.31 Å². The topological polar surface area (TPSA) is 49.2 Å².